The van der Waals surface area contributed by atoms with E-state index in [2.05, 4.69) is 5.32 Å². The number of amides is 2. The third kappa shape index (κ3) is 6.71. The van der Waals surface area contributed by atoms with Crippen molar-refractivity contribution >= 4 is 33.3 Å². The molecule has 2 aromatic carbocycles. The van der Waals surface area contributed by atoms with Gasteiger partial charge in [-0.25, -0.2) is 8.42 Å². The molecule has 0 saturated carbocycles. The third-order valence-electron chi connectivity index (χ3n) is 5.70. The lowest BCUT2D eigenvalue weighted by atomic mass is 10.1. The minimum atomic E-state index is -3.75. The first-order chi connectivity index (χ1) is 15.8. The second kappa shape index (κ2) is 11.5. The second-order valence-electron chi connectivity index (χ2n) is 8.04. The van der Waals surface area contributed by atoms with Gasteiger partial charge < -0.3 is 15.0 Å². The van der Waals surface area contributed by atoms with Gasteiger partial charge in [0.05, 0.1) is 18.4 Å². The van der Waals surface area contributed by atoms with Crippen molar-refractivity contribution in [3.05, 3.63) is 59.1 Å². The molecule has 0 radical (unpaired) electrons. The highest BCUT2D eigenvalue weighted by Gasteiger charge is 2.46. The smallest absolute Gasteiger partial charge is 0.239 e. The number of rotatable bonds is 12. The van der Waals surface area contributed by atoms with Crippen molar-refractivity contribution in [1.82, 2.24) is 10.2 Å². The van der Waals surface area contributed by atoms with E-state index in [4.69, 9.17) is 16.3 Å². The van der Waals surface area contributed by atoms with Crippen molar-refractivity contribution in [3.8, 4) is 5.75 Å². The van der Waals surface area contributed by atoms with Gasteiger partial charge in [-0.1, -0.05) is 36.6 Å². The van der Waals surface area contributed by atoms with E-state index in [0.717, 1.165) is 42.0 Å². The zero-order valence-electron chi connectivity index (χ0n) is 18.6. The fraction of sp³-hybridized carbons (Fsp3) is 0.417. The highest BCUT2D eigenvalue weighted by Crippen LogP contribution is 2.30. The predicted octanol–water partition coefficient (Wildman–Crippen LogP) is 3.60. The number of likely N-dealkylation sites (tertiary alicyclic amines) is 1. The fourth-order valence-electron chi connectivity index (χ4n) is 3.71. The Bertz CT molecular complexity index is 1060. The van der Waals surface area contributed by atoms with E-state index < -0.39 is 15.2 Å². The molecule has 9 heteroatoms. The highest BCUT2D eigenvalue weighted by molar-refractivity contribution is 7.92. The first-order valence-electron chi connectivity index (χ1n) is 11.0. The number of β-lactam (4-membered cyclic amide) rings is 1. The van der Waals surface area contributed by atoms with Crippen molar-refractivity contribution in [1.29, 1.82) is 0 Å². The summed E-state index contributed by atoms with van der Waals surface area (Å²) in [6.45, 7) is 0.243. The Kier molecular flexibility index (Phi) is 8.74. The van der Waals surface area contributed by atoms with Gasteiger partial charge in [-0.3, -0.25) is 9.59 Å². The number of nitrogens with one attached hydrogen (secondary N) is 1. The van der Waals surface area contributed by atoms with E-state index >= 15 is 0 Å². The second-order valence-corrected chi connectivity index (χ2v) is 10.6. The quantitative estimate of drug-likeness (QED) is 0.361. The molecule has 1 N–H and O–H groups in total. The van der Waals surface area contributed by atoms with Crippen LogP contribution in [0.3, 0.4) is 0 Å². The van der Waals surface area contributed by atoms with Crippen molar-refractivity contribution in [2.45, 2.75) is 48.8 Å². The lowest BCUT2D eigenvalue weighted by Crippen LogP contribution is -2.59. The van der Waals surface area contributed by atoms with Crippen molar-refractivity contribution in [2.24, 2.45) is 0 Å². The molecular weight excluding hydrogens is 464 g/mol. The van der Waals surface area contributed by atoms with E-state index in [9.17, 15) is 18.0 Å². The van der Waals surface area contributed by atoms with Crippen LogP contribution in [0, 0.1) is 0 Å². The van der Waals surface area contributed by atoms with E-state index in [-0.39, 0.29) is 29.7 Å². The average molecular weight is 493 g/mol. The molecular formula is C24H29ClN2O5S. The summed E-state index contributed by atoms with van der Waals surface area (Å²) in [4.78, 5) is 25.5. The van der Waals surface area contributed by atoms with Crippen LogP contribution in [-0.2, 0) is 25.8 Å². The van der Waals surface area contributed by atoms with E-state index in [0.29, 0.717) is 12.3 Å². The zero-order valence-corrected chi connectivity index (χ0v) is 20.2. The van der Waals surface area contributed by atoms with Crippen molar-refractivity contribution < 1.29 is 22.7 Å². The summed E-state index contributed by atoms with van der Waals surface area (Å²) >= 11 is 5.89. The van der Waals surface area contributed by atoms with Gasteiger partial charge in [0.15, 0.2) is 9.84 Å². The number of benzene rings is 2. The molecule has 2 aromatic rings. The Balaban J connectivity index is 1.37. The minimum Gasteiger partial charge on any atom is -0.497 e. The topological polar surface area (TPSA) is 92.8 Å². The molecule has 2 amide bonds. The molecule has 1 aliphatic rings. The largest absolute Gasteiger partial charge is 0.497 e. The standard InChI is InChI=1S/C24H29ClN2O5S/c1-32-20-11-13-21(14-12-20)33(30,31)24-16-23(29)27(24)17-22(28)26-15-5-3-2-4-6-18-7-9-19(25)10-8-18/h7-14,24H,2-6,15-17H2,1H3,(H,26,28). The average Bonchev–Trinajstić information content (AvgIpc) is 2.81. The van der Waals surface area contributed by atoms with Crippen LogP contribution in [0.25, 0.3) is 0 Å². The number of nitrogens with zero attached hydrogens (tertiary/aromatic N) is 1. The highest BCUT2D eigenvalue weighted by atomic mass is 35.5. The molecule has 33 heavy (non-hydrogen) atoms. The van der Waals surface area contributed by atoms with Crippen LogP contribution in [0.4, 0.5) is 0 Å². The number of sulfone groups is 1. The molecule has 0 aromatic heterocycles. The molecule has 1 saturated heterocycles. The first kappa shape index (κ1) is 25.1. The van der Waals surface area contributed by atoms with Crippen LogP contribution in [-0.4, -0.2) is 50.7 Å². The number of halogens is 1. The molecule has 1 atom stereocenters. The Morgan fingerprint density at radius 1 is 1.06 bits per heavy atom. The molecule has 3 rings (SSSR count). The van der Waals surface area contributed by atoms with Gasteiger partial charge in [0, 0.05) is 11.6 Å². The van der Waals surface area contributed by atoms with E-state index in [1.165, 1.54) is 24.8 Å². The molecule has 7 nitrogen and oxygen atoms in total. The van der Waals surface area contributed by atoms with Gasteiger partial charge in [0.2, 0.25) is 11.8 Å². The Hall–Kier alpha value is -2.58. The number of hydrogen-bond donors (Lipinski definition) is 1. The Morgan fingerprint density at radius 2 is 1.73 bits per heavy atom. The summed E-state index contributed by atoms with van der Waals surface area (Å²) in [5, 5.41) is 2.50. The summed E-state index contributed by atoms with van der Waals surface area (Å²) in [6.07, 6.45) is 4.78. The van der Waals surface area contributed by atoms with E-state index in [1.54, 1.807) is 12.1 Å². The minimum absolute atomic E-state index is 0.102. The molecule has 1 aliphatic heterocycles. The number of hydrogen-bond acceptors (Lipinski definition) is 5. The summed E-state index contributed by atoms with van der Waals surface area (Å²) < 4.78 is 30.8. The SMILES string of the molecule is COc1ccc(S(=O)(=O)C2CC(=O)N2CC(=O)NCCCCCCc2ccc(Cl)cc2)cc1. The maximum atomic E-state index is 12.9. The van der Waals surface area contributed by atoms with Crippen LogP contribution < -0.4 is 10.1 Å². The van der Waals surface area contributed by atoms with Crippen LogP contribution in [0.15, 0.2) is 53.4 Å². The monoisotopic (exact) mass is 492 g/mol. The van der Waals surface area contributed by atoms with Crippen LogP contribution in [0.5, 0.6) is 5.75 Å². The maximum absolute atomic E-state index is 12.9. The first-order valence-corrected chi connectivity index (χ1v) is 12.9. The number of carbonyl (C=O) groups excluding carboxylic acids is 2. The predicted molar refractivity (Wildman–Crippen MR) is 127 cm³/mol. The number of methoxy groups -OCH3 is 1. The van der Waals surface area contributed by atoms with Gasteiger partial charge in [0.25, 0.3) is 0 Å². The summed E-state index contributed by atoms with van der Waals surface area (Å²) in [5.41, 5.74) is 1.26. The Morgan fingerprint density at radius 3 is 2.36 bits per heavy atom. The number of unbranched alkanes of at least 4 members (excludes halogenated alkanes) is 3. The van der Waals surface area contributed by atoms with Gasteiger partial charge in [-0.15, -0.1) is 0 Å². The lowest BCUT2D eigenvalue weighted by Gasteiger charge is -2.39. The molecule has 1 heterocycles. The summed E-state index contributed by atoms with van der Waals surface area (Å²) in [6, 6.07) is 13.8. The maximum Gasteiger partial charge on any atom is 0.239 e. The zero-order chi connectivity index (χ0) is 23.8. The third-order valence-corrected chi connectivity index (χ3v) is 8.02. The van der Waals surface area contributed by atoms with Crippen molar-refractivity contribution in [2.75, 3.05) is 20.2 Å². The van der Waals surface area contributed by atoms with Gasteiger partial charge in [-0.2, -0.15) is 0 Å². The van der Waals surface area contributed by atoms with Crippen LogP contribution in [0.2, 0.25) is 5.02 Å². The number of ether oxygens (including phenoxy) is 1. The number of aryl methyl sites for hydroxylation is 1. The summed E-state index contributed by atoms with van der Waals surface area (Å²) in [5.74, 6) is -0.145. The number of carbonyl (C=O) groups is 2. The Labute approximate surface area is 200 Å². The normalized spacial score (nSPS) is 15.8. The molecule has 0 bridgehead atoms. The van der Waals surface area contributed by atoms with Crippen LogP contribution >= 0.6 is 11.6 Å². The lowest BCUT2D eigenvalue weighted by molar-refractivity contribution is -0.145. The molecule has 0 spiro atoms. The van der Waals surface area contributed by atoms with Crippen molar-refractivity contribution in [3.63, 3.8) is 0 Å². The van der Waals surface area contributed by atoms with Gasteiger partial charge in [0.1, 0.15) is 17.7 Å². The summed E-state index contributed by atoms with van der Waals surface area (Å²) in [7, 11) is -2.26. The molecule has 178 valence electrons. The van der Waals surface area contributed by atoms with Gasteiger partial charge in [-0.05, 0) is 61.2 Å². The fourth-order valence-corrected chi connectivity index (χ4v) is 5.56. The molecule has 0 aliphatic carbocycles. The molecule has 1 unspecified atom stereocenters. The van der Waals surface area contributed by atoms with Gasteiger partial charge >= 0.3 is 0 Å². The van der Waals surface area contributed by atoms with E-state index in [1.807, 2.05) is 24.3 Å². The molecule has 1 fully saturated rings. The van der Waals surface area contributed by atoms with Crippen LogP contribution in [0.1, 0.15) is 37.7 Å².